The molecule has 3 aromatic rings. The predicted octanol–water partition coefficient (Wildman–Crippen LogP) is 3.00. The Kier molecular flexibility index (Phi) is 4.61. The number of hydrogen-bond acceptors (Lipinski definition) is 5. The summed E-state index contributed by atoms with van der Waals surface area (Å²) in [5, 5.41) is 2.72. The molecule has 134 valence electrons. The molecule has 0 amide bonds. The summed E-state index contributed by atoms with van der Waals surface area (Å²) in [6.07, 6.45) is 3.60. The lowest BCUT2D eigenvalue weighted by molar-refractivity contribution is 0.170. The Balaban J connectivity index is 1.59. The monoisotopic (exact) mass is 366 g/mol. The molecule has 3 heterocycles. The van der Waals surface area contributed by atoms with E-state index in [1.165, 1.54) is 16.9 Å². The van der Waals surface area contributed by atoms with Crippen LogP contribution in [0, 0.1) is 0 Å². The highest BCUT2D eigenvalue weighted by atomic mass is 32.1. The maximum atomic E-state index is 12.0. The summed E-state index contributed by atoms with van der Waals surface area (Å²) in [5.74, 6) is 0. The fourth-order valence-corrected chi connectivity index (χ4v) is 4.53. The molecule has 0 radical (unpaired) electrons. The molecule has 1 fully saturated rings. The number of rotatable bonds is 4. The number of nitrogens with one attached hydrogen (secondary N) is 1. The molecule has 5 nitrogen and oxygen atoms in total. The summed E-state index contributed by atoms with van der Waals surface area (Å²) < 4.78 is 0. The molecule has 1 saturated heterocycles. The number of benzene rings is 1. The van der Waals surface area contributed by atoms with Gasteiger partial charge < -0.3 is 10.7 Å². The first-order chi connectivity index (χ1) is 12.7. The Bertz CT molecular complexity index is 926. The minimum atomic E-state index is -0.102. The lowest BCUT2D eigenvalue weighted by atomic mass is 9.70. The number of aromatic nitrogens is 2. The van der Waals surface area contributed by atoms with E-state index < -0.39 is 0 Å². The molecule has 1 aliphatic rings. The molecular formula is C20H22N4OS. The van der Waals surface area contributed by atoms with Crippen LogP contribution < -0.4 is 11.3 Å². The van der Waals surface area contributed by atoms with E-state index in [1.54, 1.807) is 6.20 Å². The van der Waals surface area contributed by atoms with E-state index >= 15 is 0 Å². The van der Waals surface area contributed by atoms with Crippen molar-refractivity contribution < 1.29 is 0 Å². The molecule has 0 unspecified atom stereocenters. The van der Waals surface area contributed by atoms with Gasteiger partial charge in [0.25, 0.3) is 5.56 Å². The average Bonchev–Trinajstić information content (AvgIpc) is 3.12. The van der Waals surface area contributed by atoms with Crippen LogP contribution in [0.3, 0.4) is 0 Å². The number of nitrogens with zero attached hydrogens (tertiary/aromatic N) is 2. The van der Waals surface area contributed by atoms with Crippen LogP contribution in [0.2, 0.25) is 0 Å². The van der Waals surface area contributed by atoms with Gasteiger partial charge in [0.15, 0.2) is 5.13 Å². The maximum absolute atomic E-state index is 12.0. The number of likely N-dealkylation sites (tertiary alicyclic amines) is 1. The van der Waals surface area contributed by atoms with E-state index in [2.05, 4.69) is 44.5 Å². The van der Waals surface area contributed by atoms with Crippen molar-refractivity contribution >= 4 is 16.5 Å². The van der Waals surface area contributed by atoms with Gasteiger partial charge in [-0.2, -0.15) is 0 Å². The minimum absolute atomic E-state index is 0.000305. The smallest absolute Gasteiger partial charge is 0.252 e. The van der Waals surface area contributed by atoms with Crippen molar-refractivity contribution in [1.29, 1.82) is 0 Å². The Labute approximate surface area is 156 Å². The molecule has 6 heteroatoms. The number of nitrogens with two attached hydrogens (primary N) is 1. The van der Waals surface area contributed by atoms with Crippen LogP contribution in [0.15, 0.2) is 58.8 Å². The highest BCUT2D eigenvalue weighted by Crippen LogP contribution is 2.42. The first-order valence-corrected chi connectivity index (χ1v) is 9.71. The Hall–Kier alpha value is -2.44. The van der Waals surface area contributed by atoms with Gasteiger partial charge in [0.05, 0.1) is 5.69 Å². The molecule has 26 heavy (non-hydrogen) atoms. The Morgan fingerprint density at radius 2 is 1.92 bits per heavy atom. The molecule has 0 spiro atoms. The third kappa shape index (κ3) is 3.18. The lowest BCUT2D eigenvalue weighted by Crippen LogP contribution is -2.43. The van der Waals surface area contributed by atoms with Crippen LogP contribution in [0.25, 0.3) is 0 Å². The molecule has 0 atom stereocenters. The summed E-state index contributed by atoms with van der Waals surface area (Å²) in [5.41, 5.74) is 9.01. The first-order valence-electron chi connectivity index (χ1n) is 8.83. The van der Waals surface area contributed by atoms with Crippen molar-refractivity contribution in [3.8, 4) is 0 Å². The third-order valence-corrected chi connectivity index (χ3v) is 6.02. The molecular weight excluding hydrogens is 344 g/mol. The van der Waals surface area contributed by atoms with E-state index in [0.717, 1.165) is 37.2 Å². The number of thiazole rings is 1. The second-order valence-electron chi connectivity index (χ2n) is 6.82. The van der Waals surface area contributed by atoms with Gasteiger partial charge in [-0.3, -0.25) is 9.69 Å². The summed E-state index contributed by atoms with van der Waals surface area (Å²) in [4.78, 5) is 21.7. The van der Waals surface area contributed by atoms with E-state index in [-0.39, 0.29) is 11.0 Å². The number of hydrogen-bond donors (Lipinski definition) is 2. The second kappa shape index (κ2) is 7.05. The molecule has 0 saturated carbocycles. The molecule has 0 aliphatic carbocycles. The molecule has 4 rings (SSSR count). The molecule has 3 N–H and O–H groups in total. The maximum Gasteiger partial charge on any atom is 0.252 e. The number of pyridine rings is 1. The minimum Gasteiger partial charge on any atom is -0.375 e. The van der Waals surface area contributed by atoms with Gasteiger partial charge in [-0.1, -0.05) is 36.4 Å². The largest absolute Gasteiger partial charge is 0.375 e. The highest BCUT2D eigenvalue weighted by molar-refractivity contribution is 7.13. The fourth-order valence-electron chi connectivity index (χ4n) is 3.87. The number of piperidine rings is 1. The standard InChI is InChI=1S/C20H22N4OS/c21-19-23-17(14-26-19)20(16-6-2-1-3-7-16)8-11-24(12-9-20)13-15-5-4-10-22-18(15)25/h1-7,10,14H,8-9,11-13H2,(H2,21,23)(H,22,25). The van der Waals surface area contributed by atoms with Crippen molar-refractivity contribution in [2.24, 2.45) is 0 Å². The van der Waals surface area contributed by atoms with Gasteiger partial charge in [0.2, 0.25) is 0 Å². The van der Waals surface area contributed by atoms with Crippen LogP contribution in [0.1, 0.15) is 29.7 Å². The predicted molar refractivity (Wildman–Crippen MR) is 105 cm³/mol. The first kappa shape index (κ1) is 17.0. The van der Waals surface area contributed by atoms with Crippen LogP contribution >= 0.6 is 11.3 Å². The van der Waals surface area contributed by atoms with Gasteiger partial charge in [0, 0.05) is 29.1 Å². The average molecular weight is 366 g/mol. The molecule has 1 aliphatic heterocycles. The van der Waals surface area contributed by atoms with Gasteiger partial charge >= 0.3 is 0 Å². The number of aromatic amines is 1. The molecule has 2 aromatic heterocycles. The van der Waals surface area contributed by atoms with Crippen molar-refractivity contribution in [2.75, 3.05) is 18.8 Å². The van der Waals surface area contributed by atoms with Gasteiger partial charge in [-0.05, 0) is 37.6 Å². The number of anilines is 1. The fraction of sp³-hybridized carbons (Fsp3) is 0.300. The van der Waals surface area contributed by atoms with Crippen LogP contribution in [0.5, 0.6) is 0 Å². The quantitative estimate of drug-likeness (QED) is 0.744. The lowest BCUT2D eigenvalue weighted by Gasteiger charge is -2.41. The van der Waals surface area contributed by atoms with Crippen molar-refractivity contribution in [3.63, 3.8) is 0 Å². The zero-order chi connectivity index (χ0) is 18.0. The molecule has 1 aromatic carbocycles. The zero-order valence-corrected chi connectivity index (χ0v) is 15.3. The van der Waals surface area contributed by atoms with E-state index in [9.17, 15) is 4.79 Å². The van der Waals surface area contributed by atoms with Crippen molar-refractivity contribution in [3.05, 3.63) is 81.2 Å². The molecule has 0 bridgehead atoms. The SMILES string of the molecule is Nc1nc(C2(c3ccccc3)CCN(Cc3ccc[nH]c3=O)CC2)cs1. The van der Waals surface area contributed by atoms with Gasteiger partial charge in [-0.15, -0.1) is 11.3 Å². The zero-order valence-electron chi connectivity index (χ0n) is 14.5. The summed E-state index contributed by atoms with van der Waals surface area (Å²) in [7, 11) is 0. The second-order valence-corrected chi connectivity index (χ2v) is 7.71. The van der Waals surface area contributed by atoms with E-state index in [4.69, 9.17) is 5.73 Å². The summed E-state index contributed by atoms with van der Waals surface area (Å²) in [6.45, 7) is 2.52. The van der Waals surface area contributed by atoms with E-state index in [1.807, 2.05) is 18.2 Å². The van der Waals surface area contributed by atoms with Crippen molar-refractivity contribution in [2.45, 2.75) is 24.8 Å². The van der Waals surface area contributed by atoms with Crippen LogP contribution in [0.4, 0.5) is 5.13 Å². The van der Waals surface area contributed by atoms with Crippen LogP contribution in [-0.2, 0) is 12.0 Å². The van der Waals surface area contributed by atoms with Crippen LogP contribution in [-0.4, -0.2) is 28.0 Å². The normalized spacial score (nSPS) is 17.2. The third-order valence-electron chi connectivity index (χ3n) is 5.34. The van der Waals surface area contributed by atoms with Gasteiger partial charge in [-0.25, -0.2) is 4.98 Å². The van der Waals surface area contributed by atoms with Crippen molar-refractivity contribution in [1.82, 2.24) is 14.9 Å². The Morgan fingerprint density at radius 3 is 2.58 bits per heavy atom. The summed E-state index contributed by atoms with van der Waals surface area (Å²) in [6, 6.07) is 14.4. The summed E-state index contributed by atoms with van der Waals surface area (Å²) >= 11 is 1.50. The number of nitrogen functional groups attached to an aromatic ring is 1. The topological polar surface area (TPSA) is 75.0 Å². The Morgan fingerprint density at radius 1 is 1.15 bits per heavy atom. The van der Waals surface area contributed by atoms with E-state index in [0.29, 0.717) is 11.7 Å². The number of H-pyrrole nitrogens is 1. The van der Waals surface area contributed by atoms with Gasteiger partial charge in [0.1, 0.15) is 0 Å². The highest BCUT2D eigenvalue weighted by Gasteiger charge is 2.39.